The number of hydrogen-bond acceptors (Lipinski definition) is 7. The summed E-state index contributed by atoms with van der Waals surface area (Å²) < 4.78 is 5.14. The number of carbonyl (C=O) groups excluding carboxylic acids is 2. The van der Waals surface area contributed by atoms with Crippen molar-refractivity contribution in [3.05, 3.63) is 81.7 Å². The Bertz CT molecular complexity index is 1550. The number of urea groups is 1. The zero-order chi connectivity index (χ0) is 24.2. The molecule has 1 saturated heterocycles. The topological polar surface area (TPSA) is 133 Å². The zero-order valence-corrected chi connectivity index (χ0v) is 18.9. The Labute approximate surface area is 199 Å². The maximum atomic E-state index is 13.2. The average Bonchev–Trinajstić information content (AvgIpc) is 3.25. The Kier molecular flexibility index (Phi) is 4.70. The van der Waals surface area contributed by atoms with Crippen LogP contribution in [0.15, 0.2) is 58.0 Å². The highest BCUT2D eigenvalue weighted by Gasteiger charge is 2.42. The quantitative estimate of drug-likeness (QED) is 0.392. The Morgan fingerprint density at radius 3 is 2.71 bits per heavy atom. The lowest BCUT2D eigenvalue weighted by molar-refractivity contribution is 0.103. The van der Waals surface area contributed by atoms with Crippen LogP contribution in [0.25, 0.3) is 11.1 Å². The number of carbonyl (C=O) groups is 2. The minimum atomic E-state index is -0.563. The van der Waals surface area contributed by atoms with E-state index in [-0.39, 0.29) is 17.5 Å². The minimum Gasteiger partial charge on any atom is -0.408 e. The molecular formula is C25H22N6O4. The average molecular weight is 470 g/mol. The van der Waals surface area contributed by atoms with E-state index < -0.39 is 11.3 Å². The highest BCUT2D eigenvalue weighted by Crippen LogP contribution is 2.40. The fourth-order valence-electron chi connectivity index (χ4n) is 5.11. The second kappa shape index (κ2) is 7.79. The minimum absolute atomic E-state index is 0.197. The summed E-state index contributed by atoms with van der Waals surface area (Å²) in [6, 6.07) is 12.6. The van der Waals surface area contributed by atoms with Gasteiger partial charge in [0.2, 0.25) is 5.78 Å². The molecule has 2 aromatic carbocycles. The SMILES string of the molecule is Cc1cc(C(=O)c2cc(N3CCC4(CC3)NC(=O)Nc3ccccc34)ncn2)cc2oc(=O)[nH]c12. The molecule has 4 aromatic rings. The molecule has 2 aromatic heterocycles. The molecular weight excluding hydrogens is 448 g/mol. The predicted octanol–water partition coefficient (Wildman–Crippen LogP) is 3.08. The Balaban J connectivity index is 1.25. The predicted molar refractivity (Wildman–Crippen MR) is 129 cm³/mol. The Hall–Kier alpha value is -4.47. The van der Waals surface area contributed by atoms with E-state index in [0.717, 1.165) is 16.8 Å². The third-order valence-corrected chi connectivity index (χ3v) is 6.86. The van der Waals surface area contributed by atoms with Gasteiger partial charge < -0.3 is 20.0 Å². The third-order valence-electron chi connectivity index (χ3n) is 6.86. The van der Waals surface area contributed by atoms with E-state index in [2.05, 4.69) is 30.5 Å². The number of piperidine rings is 1. The van der Waals surface area contributed by atoms with Crippen molar-refractivity contribution in [2.45, 2.75) is 25.3 Å². The molecule has 2 aliphatic rings. The van der Waals surface area contributed by atoms with E-state index in [4.69, 9.17) is 4.42 Å². The standard InChI is InChI=1S/C25H22N6O4/c1-14-10-15(11-19-21(14)29-24(34)35-19)22(32)18-12-20(27-13-26-18)31-8-6-25(7-9-31)16-4-2-3-5-17(16)28-23(33)30-25/h2-5,10-13H,6-9H2,1H3,(H,29,34)(H2,28,30,33). The first-order valence-corrected chi connectivity index (χ1v) is 11.4. The number of ketones is 1. The fourth-order valence-corrected chi connectivity index (χ4v) is 5.11. The van der Waals surface area contributed by atoms with Crippen LogP contribution >= 0.6 is 0 Å². The summed E-state index contributed by atoms with van der Waals surface area (Å²) in [5, 5.41) is 6.01. The molecule has 6 rings (SSSR count). The number of aromatic nitrogens is 3. The van der Waals surface area contributed by atoms with Gasteiger partial charge in [-0.05, 0) is 43.5 Å². The molecule has 10 heteroatoms. The molecule has 0 aliphatic carbocycles. The van der Waals surface area contributed by atoms with Gasteiger partial charge in [0.1, 0.15) is 17.8 Å². The summed E-state index contributed by atoms with van der Waals surface area (Å²) >= 11 is 0. The van der Waals surface area contributed by atoms with Gasteiger partial charge >= 0.3 is 11.8 Å². The van der Waals surface area contributed by atoms with Crippen molar-refractivity contribution >= 4 is 34.4 Å². The van der Waals surface area contributed by atoms with Crippen molar-refractivity contribution < 1.29 is 14.0 Å². The molecule has 2 amide bonds. The molecule has 0 bridgehead atoms. The van der Waals surface area contributed by atoms with E-state index >= 15 is 0 Å². The van der Waals surface area contributed by atoms with Gasteiger partial charge in [-0.1, -0.05) is 18.2 Å². The second-order valence-corrected chi connectivity index (χ2v) is 8.97. The molecule has 1 fully saturated rings. The van der Waals surface area contributed by atoms with E-state index in [1.54, 1.807) is 25.1 Å². The van der Waals surface area contributed by atoms with Gasteiger partial charge in [-0.15, -0.1) is 0 Å². The number of aryl methyl sites for hydroxylation is 1. The number of benzene rings is 2. The van der Waals surface area contributed by atoms with Crippen molar-refractivity contribution in [3.8, 4) is 0 Å². The van der Waals surface area contributed by atoms with E-state index in [9.17, 15) is 14.4 Å². The van der Waals surface area contributed by atoms with Crippen LogP contribution in [0, 0.1) is 6.92 Å². The molecule has 0 saturated carbocycles. The second-order valence-electron chi connectivity index (χ2n) is 8.97. The summed E-state index contributed by atoms with van der Waals surface area (Å²) in [5.41, 5.74) is 3.76. The molecule has 2 aliphatic heterocycles. The van der Waals surface area contributed by atoms with Crippen molar-refractivity contribution in [1.29, 1.82) is 0 Å². The molecule has 176 valence electrons. The van der Waals surface area contributed by atoms with Gasteiger partial charge in [0, 0.05) is 36.0 Å². The highest BCUT2D eigenvalue weighted by atomic mass is 16.4. The van der Waals surface area contributed by atoms with Gasteiger partial charge in [-0.25, -0.2) is 19.6 Å². The van der Waals surface area contributed by atoms with Crippen LogP contribution in [-0.2, 0) is 5.54 Å². The Morgan fingerprint density at radius 2 is 1.89 bits per heavy atom. The van der Waals surface area contributed by atoms with Crippen LogP contribution in [0.3, 0.4) is 0 Å². The first-order valence-electron chi connectivity index (χ1n) is 11.4. The molecule has 3 N–H and O–H groups in total. The lowest BCUT2D eigenvalue weighted by Crippen LogP contribution is -2.57. The molecule has 35 heavy (non-hydrogen) atoms. The molecule has 0 radical (unpaired) electrons. The largest absolute Gasteiger partial charge is 0.417 e. The van der Waals surface area contributed by atoms with E-state index in [1.807, 2.05) is 24.3 Å². The summed E-state index contributed by atoms with van der Waals surface area (Å²) in [4.78, 5) is 50.4. The lowest BCUT2D eigenvalue weighted by Gasteiger charge is -2.45. The number of amides is 2. The van der Waals surface area contributed by atoms with Crippen molar-refractivity contribution in [2.24, 2.45) is 0 Å². The normalized spacial score (nSPS) is 16.6. The van der Waals surface area contributed by atoms with Crippen molar-refractivity contribution in [2.75, 3.05) is 23.3 Å². The molecule has 0 atom stereocenters. The van der Waals surface area contributed by atoms with Crippen LogP contribution in [0.1, 0.15) is 40.0 Å². The van der Waals surface area contributed by atoms with E-state index in [1.165, 1.54) is 6.33 Å². The number of H-pyrrole nitrogens is 1. The number of fused-ring (bicyclic) bond motifs is 3. The van der Waals surface area contributed by atoms with Gasteiger partial charge in [0.25, 0.3) is 0 Å². The van der Waals surface area contributed by atoms with Gasteiger partial charge in [0.15, 0.2) is 5.58 Å². The zero-order valence-electron chi connectivity index (χ0n) is 18.9. The van der Waals surface area contributed by atoms with Crippen LogP contribution in [0.4, 0.5) is 16.3 Å². The molecule has 4 heterocycles. The van der Waals surface area contributed by atoms with Crippen LogP contribution in [0.5, 0.6) is 0 Å². The summed E-state index contributed by atoms with van der Waals surface area (Å²) in [7, 11) is 0. The number of rotatable bonds is 3. The number of nitrogens with one attached hydrogen (secondary N) is 3. The summed E-state index contributed by atoms with van der Waals surface area (Å²) in [6.45, 7) is 3.11. The van der Waals surface area contributed by atoms with Crippen molar-refractivity contribution in [1.82, 2.24) is 20.3 Å². The number of hydrogen-bond donors (Lipinski definition) is 3. The maximum absolute atomic E-state index is 13.2. The van der Waals surface area contributed by atoms with Crippen molar-refractivity contribution in [3.63, 3.8) is 0 Å². The van der Waals surface area contributed by atoms with E-state index in [0.29, 0.717) is 48.4 Å². The van der Waals surface area contributed by atoms with Gasteiger partial charge in [0.05, 0.1) is 11.1 Å². The maximum Gasteiger partial charge on any atom is 0.417 e. The molecule has 10 nitrogen and oxygen atoms in total. The van der Waals surface area contributed by atoms with Crippen LogP contribution < -0.4 is 21.3 Å². The summed E-state index contributed by atoms with van der Waals surface area (Å²) in [5.74, 6) is -0.194. The number of aromatic amines is 1. The Morgan fingerprint density at radius 1 is 1.09 bits per heavy atom. The van der Waals surface area contributed by atoms with Crippen LogP contribution in [0.2, 0.25) is 0 Å². The van der Waals surface area contributed by atoms with Gasteiger partial charge in [-0.3, -0.25) is 9.78 Å². The number of para-hydroxylation sites is 1. The first-order chi connectivity index (χ1) is 16.9. The molecule has 0 unspecified atom stereocenters. The first kappa shape index (κ1) is 21.1. The van der Waals surface area contributed by atoms with Crippen LogP contribution in [-0.4, -0.2) is 39.9 Å². The number of oxazole rings is 1. The fraction of sp³-hybridized carbons (Fsp3) is 0.240. The molecule has 1 spiro atoms. The number of anilines is 2. The summed E-state index contributed by atoms with van der Waals surface area (Å²) in [6.07, 6.45) is 2.79. The monoisotopic (exact) mass is 470 g/mol. The number of nitrogens with zero attached hydrogens (tertiary/aromatic N) is 3. The smallest absolute Gasteiger partial charge is 0.408 e. The highest BCUT2D eigenvalue weighted by molar-refractivity contribution is 6.09. The lowest BCUT2D eigenvalue weighted by atomic mass is 9.79. The third kappa shape index (κ3) is 3.54. The van der Waals surface area contributed by atoms with Gasteiger partial charge in [-0.2, -0.15) is 0 Å².